The lowest BCUT2D eigenvalue weighted by Gasteiger charge is -2.06. The third-order valence-corrected chi connectivity index (χ3v) is 1.86. The number of unbranched alkanes of at least 4 members (excludes halogenated alkanes) is 1. The van der Waals surface area contributed by atoms with Gasteiger partial charge in [-0.05, 0) is 19.3 Å². The molecule has 0 saturated heterocycles. The summed E-state index contributed by atoms with van der Waals surface area (Å²) >= 11 is 0. The summed E-state index contributed by atoms with van der Waals surface area (Å²) in [5.41, 5.74) is 5.60. The topological polar surface area (TPSA) is 113 Å². The lowest BCUT2D eigenvalue weighted by Crippen LogP contribution is -2.24. The van der Waals surface area contributed by atoms with Crippen LogP contribution >= 0.6 is 0 Å². The number of aliphatic hydroxyl groups excluding tert-OH is 1. The molecule has 6 nitrogen and oxygen atoms in total. The summed E-state index contributed by atoms with van der Waals surface area (Å²) in [5, 5.41) is 25.8. The average Bonchev–Trinajstić information content (AvgIpc) is 2.10. The molecule has 14 heavy (non-hydrogen) atoms. The van der Waals surface area contributed by atoms with E-state index in [2.05, 4.69) is 0 Å². The van der Waals surface area contributed by atoms with Gasteiger partial charge in [-0.15, -0.1) is 0 Å². The van der Waals surface area contributed by atoms with E-state index in [1.165, 1.54) is 0 Å². The fourth-order valence-electron chi connectivity index (χ4n) is 1.07. The summed E-state index contributed by atoms with van der Waals surface area (Å²) in [4.78, 5) is 9.51. The van der Waals surface area contributed by atoms with Gasteiger partial charge in [-0.3, -0.25) is 10.1 Å². The van der Waals surface area contributed by atoms with Crippen LogP contribution in [0, 0.1) is 15.5 Å². The molecule has 0 spiro atoms. The van der Waals surface area contributed by atoms with Gasteiger partial charge in [0.2, 0.25) is 6.54 Å². The Hall–Kier alpha value is -1.01. The second-order valence-corrected chi connectivity index (χ2v) is 3.28. The van der Waals surface area contributed by atoms with Gasteiger partial charge in [-0.2, -0.15) is 0 Å². The molecule has 0 aliphatic heterocycles. The maximum atomic E-state index is 10.0. The van der Waals surface area contributed by atoms with Crippen LogP contribution in [0.25, 0.3) is 0 Å². The average molecular weight is 203 g/mol. The monoisotopic (exact) mass is 203 g/mol. The minimum Gasteiger partial charge on any atom is -0.395 e. The Balaban J connectivity index is 3.36. The Kier molecular flexibility index (Phi) is 6.87. The van der Waals surface area contributed by atoms with E-state index in [9.17, 15) is 10.1 Å². The molecule has 6 heteroatoms. The van der Waals surface area contributed by atoms with Crippen molar-refractivity contribution in [3.05, 3.63) is 10.1 Å². The Morgan fingerprint density at radius 1 is 1.57 bits per heavy atom. The second kappa shape index (κ2) is 7.40. The van der Waals surface area contributed by atoms with Gasteiger partial charge in [0.05, 0.1) is 12.3 Å². The van der Waals surface area contributed by atoms with Crippen LogP contribution in [0.4, 0.5) is 0 Å². The number of nitrogens with one attached hydrogen (secondary N) is 1. The zero-order chi connectivity index (χ0) is 11.0. The molecule has 0 unspecified atom stereocenters. The predicted molar refractivity (Wildman–Crippen MR) is 53.1 cm³/mol. The number of hydrogen-bond donors (Lipinski definition) is 3. The van der Waals surface area contributed by atoms with E-state index in [0.717, 1.165) is 12.8 Å². The summed E-state index contributed by atoms with van der Waals surface area (Å²) < 4.78 is 0. The number of hydrogen-bond acceptors (Lipinski definition) is 5. The molecule has 0 amide bonds. The van der Waals surface area contributed by atoms with Crippen LogP contribution in [0.5, 0.6) is 0 Å². The molecular weight excluding hydrogens is 186 g/mol. The minimum atomic E-state index is -0.498. The molecule has 0 aromatic carbocycles. The smallest absolute Gasteiger partial charge is 0.241 e. The van der Waals surface area contributed by atoms with Crippen LogP contribution in [-0.2, 0) is 0 Å². The van der Waals surface area contributed by atoms with Crippen molar-refractivity contribution in [1.82, 2.24) is 0 Å². The van der Waals surface area contributed by atoms with E-state index in [1.807, 2.05) is 0 Å². The summed E-state index contributed by atoms with van der Waals surface area (Å²) in [5.74, 6) is 0. The van der Waals surface area contributed by atoms with Crippen LogP contribution in [0.1, 0.15) is 25.7 Å². The van der Waals surface area contributed by atoms with E-state index in [1.54, 1.807) is 0 Å². The molecule has 4 N–H and O–H groups in total. The highest BCUT2D eigenvalue weighted by molar-refractivity contribution is 5.82. The van der Waals surface area contributed by atoms with Crippen molar-refractivity contribution in [2.24, 2.45) is 5.73 Å². The van der Waals surface area contributed by atoms with Crippen LogP contribution in [0.3, 0.4) is 0 Å². The van der Waals surface area contributed by atoms with Gasteiger partial charge in [0.1, 0.15) is 0 Å². The maximum absolute atomic E-state index is 10.0. The standard InChI is InChI=1S/C8H17N3O3/c9-7(5-11(13)14)3-1-2-4-8(10)6-12/h8-9,12H,1-6,10H2/t8-/m0/s1. The molecule has 0 radical (unpaired) electrons. The molecule has 0 aromatic rings. The van der Waals surface area contributed by atoms with Gasteiger partial charge in [0.25, 0.3) is 0 Å². The fraction of sp³-hybridized carbons (Fsp3) is 0.875. The van der Waals surface area contributed by atoms with Crippen molar-refractivity contribution in [3.8, 4) is 0 Å². The van der Waals surface area contributed by atoms with Crippen LogP contribution in [0.2, 0.25) is 0 Å². The molecule has 0 heterocycles. The molecule has 0 bridgehead atoms. The molecule has 1 atom stereocenters. The van der Waals surface area contributed by atoms with Crippen molar-refractivity contribution in [3.63, 3.8) is 0 Å². The van der Waals surface area contributed by atoms with Crippen molar-refractivity contribution in [2.75, 3.05) is 13.2 Å². The lowest BCUT2D eigenvalue weighted by molar-refractivity contribution is -0.463. The van der Waals surface area contributed by atoms with E-state index >= 15 is 0 Å². The Bertz CT molecular complexity index is 196. The van der Waals surface area contributed by atoms with E-state index in [-0.39, 0.29) is 24.9 Å². The summed E-state index contributed by atoms with van der Waals surface area (Å²) in [6.45, 7) is -0.404. The molecular formula is C8H17N3O3. The highest BCUT2D eigenvalue weighted by atomic mass is 16.6. The van der Waals surface area contributed by atoms with Gasteiger partial charge in [0.15, 0.2) is 0 Å². The highest BCUT2D eigenvalue weighted by Crippen LogP contribution is 2.02. The van der Waals surface area contributed by atoms with Gasteiger partial charge < -0.3 is 16.2 Å². The normalized spacial score (nSPS) is 12.4. The predicted octanol–water partition coefficient (Wildman–Crippen LogP) is 0.163. The zero-order valence-electron chi connectivity index (χ0n) is 8.11. The van der Waals surface area contributed by atoms with Crippen LogP contribution in [-0.4, -0.2) is 34.9 Å². The summed E-state index contributed by atoms with van der Waals surface area (Å²) in [7, 11) is 0. The van der Waals surface area contributed by atoms with Gasteiger partial charge in [-0.1, -0.05) is 6.42 Å². The number of aliphatic hydroxyl groups is 1. The number of nitro groups is 1. The first-order valence-electron chi connectivity index (χ1n) is 4.60. The first-order valence-corrected chi connectivity index (χ1v) is 4.60. The Morgan fingerprint density at radius 3 is 2.71 bits per heavy atom. The molecule has 0 saturated carbocycles. The number of nitrogens with two attached hydrogens (primary N) is 1. The Labute approximate surface area is 82.8 Å². The van der Waals surface area contributed by atoms with Crippen molar-refractivity contribution >= 4 is 5.71 Å². The van der Waals surface area contributed by atoms with Gasteiger partial charge in [-0.25, -0.2) is 0 Å². The summed E-state index contributed by atoms with van der Waals surface area (Å²) in [6.07, 6.45) is 2.66. The largest absolute Gasteiger partial charge is 0.395 e. The maximum Gasteiger partial charge on any atom is 0.241 e. The molecule has 82 valence electrons. The van der Waals surface area contributed by atoms with Crippen molar-refractivity contribution in [2.45, 2.75) is 31.7 Å². The molecule has 0 rings (SSSR count). The highest BCUT2D eigenvalue weighted by Gasteiger charge is 2.05. The number of rotatable bonds is 8. The van der Waals surface area contributed by atoms with Crippen molar-refractivity contribution < 1.29 is 10.0 Å². The van der Waals surface area contributed by atoms with Crippen LogP contribution < -0.4 is 5.73 Å². The minimum absolute atomic E-state index is 0.0354. The molecule has 0 aliphatic carbocycles. The van der Waals surface area contributed by atoms with E-state index in [4.69, 9.17) is 16.2 Å². The van der Waals surface area contributed by atoms with E-state index in [0.29, 0.717) is 12.8 Å². The first kappa shape index (κ1) is 13.0. The molecule has 0 fully saturated rings. The second-order valence-electron chi connectivity index (χ2n) is 3.28. The fourth-order valence-corrected chi connectivity index (χ4v) is 1.07. The van der Waals surface area contributed by atoms with Crippen LogP contribution in [0.15, 0.2) is 0 Å². The summed E-state index contributed by atoms with van der Waals surface area (Å²) in [6, 6.07) is -0.209. The molecule has 0 aromatic heterocycles. The zero-order valence-corrected chi connectivity index (χ0v) is 8.11. The molecule has 0 aliphatic rings. The first-order chi connectivity index (χ1) is 6.56. The van der Waals surface area contributed by atoms with Gasteiger partial charge in [0, 0.05) is 11.0 Å². The van der Waals surface area contributed by atoms with Crippen molar-refractivity contribution in [1.29, 1.82) is 5.41 Å². The Morgan fingerprint density at radius 2 is 2.21 bits per heavy atom. The van der Waals surface area contributed by atoms with Gasteiger partial charge >= 0.3 is 0 Å². The lowest BCUT2D eigenvalue weighted by atomic mass is 10.1. The third-order valence-electron chi connectivity index (χ3n) is 1.86. The van der Waals surface area contributed by atoms with E-state index < -0.39 is 4.92 Å². The quantitative estimate of drug-likeness (QED) is 0.226. The third kappa shape index (κ3) is 7.63. The SMILES string of the molecule is N=C(CCCC[C@H](N)CO)C[N+](=O)[O-]. The number of nitrogens with zero attached hydrogens (tertiary/aromatic N) is 1.